The number of aromatic amines is 1. The van der Waals surface area contributed by atoms with Crippen LogP contribution >= 0.6 is 15.9 Å². The van der Waals surface area contributed by atoms with Crippen molar-refractivity contribution in [3.8, 4) is 11.6 Å². The van der Waals surface area contributed by atoms with Crippen molar-refractivity contribution in [3.63, 3.8) is 0 Å². The Morgan fingerprint density at radius 2 is 2.25 bits per heavy atom. The van der Waals surface area contributed by atoms with Gasteiger partial charge in [-0.2, -0.15) is 20.4 Å². The number of aryl methyl sites for hydroxylation is 1. The second-order valence-corrected chi connectivity index (χ2v) is 5.44. The number of H-pyrrole nitrogens is 1. The molecule has 0 saturated heterocycles. The predicted octanol–water partition coefficient (Wildman–Crippen LogP) is 2.68. The highest BCUT2D eigenvalue weighted by Crippen LogP contribution is 2.34. The lowest BCUT2D eigenvalue weighted by atomic mass is 9.90. The molecule has 0 radical (unpaired) electrons. The monoisotopic (exact) mass is 335 g/mol. The van der Waals surface area contributed by atoms with Crippen LogP contribution in [-0.4, -0.2) is 25.6 Å². The number of furan rings is 1. The van der Waals surface area contributed by atoms with E-state index in [1.54, 1.807) is 12.1 Å². The van der Waals surface area contributed by atoms with Crippen molar-refractivity contribution in [2.24, 2.45) is 0 Å². The number of hydrogen-bond acceptors (Lipinski definition) is 6. The molecule has 7 nitrogen and oxygen atoms in total. The lowest BCUT2D eigenvalue weighted by Crippen LogP contribution is -2.11. The summed E-state index contributed by atoms with van der Waals surface area (Å²) in [7, 11) is 0. The molecule has 20 heavy (non-hydrogen) atoms. The summed E-state index contributed by atoms with van der Waals surface area (Å²) >= 11 is 3.25. The summed E-state index contributed by atoms with van der Waals surface area (Å²) in [4.78, 5) is 4.42. The normalized spacial score (nSPS) is 18.1. The topological polar surface area (TPSA) is 93.6 Å². The van der Waals surface area contributed by atoms with Gasteiger partial charge >= 0.3 is 0 Å². The minimum Gasteiger partial charge on any atom is -0.446 e. The number of hydrogen-bond donors (Lipinski definition) is 1. The summed E-state index contributed by atoms with van der Waals surface area (Å²) in [5.41, 5.74) is 1.90. The van der Waals surface area contributed by atoms with Gasteiger partial charge in [-0.3, -0.25) is 0 Å². The van der Waals surface area contributed by atoms with Crippen LogP contribution in [0.2, 0.25) is 0 Å². The zero-order chi connectivity index (χ0) is 13.5. The number of halogens is 1. The highest BCUT2D eigenvalue weighted by atomic mass is 79.9. The van der Waals surface area contributed by atoms with Gasteiger partial charge in [-0.25, -0.2) is 0 Å². The maximum atomic E-state index is 5.42. The van der Waals surface area contributed by atoms with Crippen LogP contribution < -0.4 is 0 Å². The molecule has 0 aliphatic heterocycles. The molecule has 102 valence electrons. The molecule has 0 amide bonds. The van der Waals surface area contributed by atoms with E-state index in [1.807, 2.05) is 0 Å². The van der Waals surface area contributed by atoms with Crippen molar-refractivity contribution in [2.45, 2.75) is 25.2 Å². The summed E-state index contributed by atoms with van der Waals surface area (Å²) < 4.78 is 11.4. The summed E-state index contributed by atoms with van der Waals surface area (Å²) in [6.45, 7) is 0. The highest BCUT2D eigenvalue weighted by molar-refractivity contribution is 9.10. The smallest absolute Gasteiger partial charge is 0.238 e. The number of nitrogens with zero attached hydrogens (tertiary/aromatic N) is 4. The first-order valence-electron chi connectivity index (χ1n) is 6.30. The van der Waals surface area contributed by atoms with Gasteiger partial charge in [-0.1, -0.05) is 5.16 Å². The Labute approximate surface area is 121 Å². The van der Waals surface area contributed by atoms with Gasteiger partial charge in [0.25, 0.3) is 0 Å². The first kappa shape index (κ1) is 11.8. The minimum atomic E-state index is 0.0113. The molecule has 0 spiro atoms. The van der Waals surface area contributed by atoms with E-state index in [1.165, 1.54) is 0 Å². The average Bonchev–Trinajstić information content (AvgIpc) is 3.17. The molecule has 1 atom stereocenters. The molecule has 1 aliphatic rings. The molecule has 0 bridgehead atoms. The van der Waals surface area contributed by atoms with Crippen LogP contribution in [-0.2, 0) is 6.42 Å². The molecule has 0 fully saturated rings. The Bertz CT molecular complexity index is 746. The van der Waals surface area contributed by atoms with Crippen LogP contribution in [0.4, 0.5) is 0 Å². The molecule has 4 rings (SSSR count). The number of nitrogens with one attached hydrogen (secondary N) is 1. The van der Waals surface area contributed by atoms with E-state index < -0.39 is 0 Å². The Kier molecular flexibility index (Phi) is 2.69. The van der Waals surface area contributed by atoms with Gasteiger partial charge in [-0.05, 0) is 47.3 Å². The van der Waals surface area contributed by atoms with Gasteiger partial charge in [0.2, 0.25) is 11.7 Å². The van der Waals surface area contributed by atoms with E-state index >= 15 is 0 Å². The van der Waals surface area contributed by atoms with Crippen LogP contribution in [0.3, 0.4) is 0 Å². The van der Waals surface area contributed by atoms with E-state index in [0.29, 0.717) is 22.1 Å². The molecule has 1 N–H and O–H groups in total. The molecular formula is C12H10BrN5O2. The Morgan fingerprint density at radius 1 is 1.30 bits per heavy atom. The van der Waals surface area contributed by atoms with Crippen molar-refractivity contribution < 1.29 is 8.94 Å². The summed E-state index contributed by atoms with van der Waals surface area (Å²) in [6.07, 6.45) is 2.91. The maximum absolute atomic E-state index is 5.42. The number of fused-ring (bicyclic) bond motifs is 1. The third-order valence-electron chi connectivity index (χ3n) is 3.42. The predicted molar refractivity (Wildman–Crippen MR) is 70.9 cm³/mol. The summed E-state index contributed by atoms with van der Waals surface area (Å²) in [5.74, 6) is 1.59. The first-order valence-corrected chi connectivity index (χ1v) is 7.09. The van der Waals surface area contributed by atoms with E-state index in [9.17, 15) is 0 Å². The zero-order valence-electron chi connectivity index (χ0n) is 10.3. The molecular weight excluding hydrogens is 326 g/mol. The Morgan fingerprint density at radius 3 is 3.10 bits per heavy atom. The second kappa shape index (κ2) is 4.55. The van der Waals surface area contributed by atoms with Crippen LogP contribution in [0.5, 0.6) is 0 Å². The third-order valence-corrected chi connectivity index (χ3v) is 3.85. The maximum Gasteiger partial charge on any atom is 0.238 e. The van der Waals surface area contributed by atoms with Crippen LogP contribution in [0.25, 0.3) is 11.6 Å². The van der Waals surface area contributed by atoms with E-state index in [2.05, 4.69) is 41.5 Å². The minimum absolute atomic E-state index is 0.0113. The van der Waals surface area contributed by atoms with E-state index in [-0.39, 0.29) is 5.92 Å². The lowest BCUT2D eigenvalue weighted by molar-refractivity contribution is 0.351. The van der Waals surface area contributed by atoms with Crippen molar-refractivity contribution in [1.82, 2.24) is 25.6 Å². The van der Waals surface area contributed by atoms with Crippen molar-refractivity contribution >= 4 is 15.9 Å². The molecule has 1 aliphatic carbocycles. The quantitative estimate of drug-likeness (QED) is 0.773. The van der Waals surface area contributed by atoms with Crippen molar-refractivity contribution in [1.29, 1.82) is 0 Å². The number of aromatic nitrogens is 5. The molecule has 8 heteroatoms. The molecule has 3 aromatic heterocycles. The average molecular weight is 336 g/mol. The van der Waals surface area contributed by atoms with Crippen molar-refractivity contribution in [2.75, 3.05) is 0 Å². The first-order chi connectivity index (χ1) is 9.81. The third kappa shape index (κ3) is 1.87. The Balaban J connectivity index is 1.70. The zero-order valence-corrected chi connectivity index (χ0v) is 11.9. The van der Waals surface area contributed by atoms with Crippen molar-refractivity contribution in [3.05, 3.63) is 34.1 Å². The largest absolute Gasteiger partial charge is 0.446 e. The van der Waals surface area contributed by atoms with Crippen LogP contribution in [0.1, 0.15) is 36.0 Å². The van der Waals surface area contributed by atoms with Gasteiger partial charge in [0.15, 0.2) is 10.4 Å². The van der Waals surface area contributed by atoms with E-state index in [4.69, 9.17) is 8.94 Å². The highest BCUT2D eigenvalue weighted by Gasteiger charge is 2.30. The van der Waals surface area contributed by atoms with Gasteiger partial charge in [0.05, 0.1) is 17.3 Å². The fraction of sp³-hybridized carbons (Fsp3) is 0.333. The summed E-state index contributed by atoms with van der Waals surface area (Å²) in [5, 5.41) is 15.0. The SMILES string of the molecule is Brc1ccc(-c2noc(C3CCCc4n[nH]nc43)n2)o1. The summed E-state index contributed by atoms with van der Waals surface area (Å²) in [6, 6.07) is 3.59. The second-order valence-electron chi connectivity index (χ2n) is 4.66. The molecule has 0 saturated carbocycles. The van der Waals surface area contributed by atoms with Gasteiger partial charge in [0, 0.05) is 0 Å². The van der Waals surface area contributed by atoms with Gasteiger partial charge in [0.1, 0.15) is 0 Å². The Hall–Kier alpha value is -1.96. The lowest BCUT2D eigenvalue weighted by Gasteiger charge is -2.15. The molecule has 3 aromatic rings. The fourth-order valence-electron chi connectivity index (χ4n) is 2.49. The van der Waals surface area contributed by atoms with Crippen LogP contribution in [0.15, 0.2) is 25.7 Å². The van der Waals surface area contributed by atoms with Gasteiger partial charge < -0.3 is 8.94 Å². The fourth-order valence-corrected chi connectivity index (χ4v) is 2.79. The molecule has 0 aromatic carbocycles. The van der Waals surface area contributed by atoms with E-state index in [0.717, 1.165) is 30.7 Å². The molecule has 3 heterocycles. The van der Waals surface area contributed by atoms with Gasteiger partial charge in [-0.15, -0.1) is 0 Å². The molecule has 1 unspecified atom stereocenters. The van der Waals surface area contributed by atoms with Crippen LogP contribution in [0, 0.1) is 0 Å². The number of rotatable bonds is 2. The standard InChI is InChI=1S/C12H10BrN5O2/c13-9-5-4-8(19-9)11-14-12(20-17-11)6-2-1-3-7-10(6)16-18-15-7/h4-6H,1-3H2,(H,15,16,18).